The van der Waals surface area contributed by atoms with Gasteiger partial charge in [-0.15, -0.1) is 0 Å². The Balaban J connectivity index is 2.39. The highest BCUT2D eigenvalue weighted by Gasteiger charge is 2.28. The van der Waals surface area contributed by atoms with E-state index in [1.807, 2.05) is 0 Å². The smallest absolute Gasteiger partial charge is 0.0531 e. The van der Waals surface area contributed by atoms with Gasteiger partial charge >= 0.3 is 0 Å². The van der Waals surface area contributed by atoms with Crippen LogP contribution in [0.2, 0.25) is 0 Å². The zero-order valence-electron chi connectivity index (χ0n) is 13.8. The van der Waals surface area contributed by atoms with Gasteiger partial charge in [0.15, 0.2) is 0 Å². The number of rotatable bonds is 4. The van der Waals surface area contributed by atoms with Crippen LogP contribution < -0.4 is 10.2 Å². The first-order chi connectivity index (χ1) is 9.36. The molecule has 0 saturated carbocycles. The molecule has 0 unspecified atom stereocenters. The lowest BCUT2D eigenvalue weighted by atomic mass is 9.87. The van der Waals surface area contributed by atoms with Crippen LogP contribution in [0.5, 0.6) is 0 Å². The first-order valence-corrected chi connectivity index (χ1v) is 7.64. The maximum absolute atomic E-state index is 3.51. The number of fused-ring (bicyclic) bond motifs is 1. The van der Waals surface area contributed by atoms with Gasteiger partial charge in [-0.05, 0) is 69.5 Å². The van der Waals surface area contributed by atoms with E-state index in [1.165, 1.54) is 34.4 Å². The fourth-order valence-corrected chi connectivity index (χ4v) is 2.94. The summed E-state index contributed by atoms with van der Waals surface area (Å²) in [5.74, 6) is 0. The van der Waals surface area contributed by atoms with E-state index in [-0.39, 0.29) is 5.54 Å². The molecule has 0 fully saturated rings. The highest BCUT2D eigenvalue weighted by atomic mass is 15.2. The minimum Gasteiger partial charge on any atom is -0.365 e. The Morgan fingerprint density at radius 2 is 1.90 bits per heavy atom. The predicted molar refractivity (Wildman–Crippen MR) is 89.3 cm³/mol. The number of anilines is 1. The van der Waals surface area contributed by atoms with Crippen LogP contribution in [-0.4, -0.2) is 19.1 Å². The van der Waals surface area contributed by atoms with Crippen molar-refractivity contribution in [2.45, 2.75) is 53.1 Å². The van der Waals surface area contributed by atoms with Crippen molar-refractivity contribution in [3.8, 4) is 0 Å². The molecule has 2 nitrogen and oxygen atoms in total. The van der Waals surface area contributed by atoms with E-state index in [0.717, 1.165) is 13.1 Å². The summed E-state index contributed by atoms with van der Waals surface area (Å²) in [5.41, 5.74) is 7.01. The molecule has 0 aromatic heterocycles. The molecular weight excluding hydrogens is 244 g/mol. The molecule has 1 aromatic rings. The number of benzene rings is 1. The van der Waals surface area contributed by atoms with E-state index in [9.17, 15) is 0 Å². The molecule has 0 bridgehead atoms. The summed E-state index contributed by atoms with van der Waals surface area (Å²) in [6, 6.07) is 4.71. The van der Waals surface area contributed by atoms with Crippen molar-refractivity contribution >= 4 is 11.3 Å². The van der Waals surface area contributed by atoms with Gasteiger partial charge in [-0.2, -0.15) is 0 Å². The molecule has 2 heteroatoms. The third-order valence-electron chi connectivity index (χ3n) is 4.42. The van der Waals surface area contributed by atoms with Gasteiger partial charge in [0.05, 0.1) is 5.54 Å². The SMILES string of the molecule is CCCNCc1cc2c(cc1C)N(C)C(C)(C)C=C2C. The van der Waals surface area contributed by atoms with Gasteiger partial charge in [-0.25, -0.2) is 0 Å². The topological polar surface area (TPSA) is 15.3 Å². The molecule has 1 heterocycles. The summed E-state index contributed by atoms with van der Waals surface area (Å²) in [6.45, 7) is 13.2. The number of likely N-dealkylation sites (N-methyl/N-ethyl adjacent to an activating group) is 1. The number of hydrogen-bond donors (Lipinski definition) is 1. The number of allylic oxidation sites excluding steroid dienone is 1. The monoisotopic (exact) mass is 272 g/mol. The summed E-state index contributed by atoms with van der Waals surface area (Å²) in [4.78, 5) is 2.38. The maximum atomic E-state index is 3.51. The molecule has 110 valence electrons. The highest BCUT2D eigenvalue weighted by molar-refractivity contribution is 5.81. The van der Waals surface area contributed by atoms with Crippen molar-refractivity contribution in [2.24, 2.45) is 0 Å². The van der Waals surface area contributed by atoms with Crippen molar-refractivity contribution in [3.05, 3.63) is 34.9 Å². The molecule has 0 spiro atoms. The van der Waals surface area contributed by atoms with E-state index in [2.05, 4.69) is 70.1 Å². The van der Waals surface area contributed by atoms with E-state index in [1.54, 1.807) is 0 Å². The fraction of sp³-hybridized carbons (Fsp3) is 0.556. The quantitative estimate of drug-likeness (QED) is 0.829. The Hall–Kier alpha value is -1.28. The number of nitrogens with zero attached hydrogens (tertiary/aromatic N) is 1. The van der Waals surface area contributed by atoms with Crippen LogP contribution in [-0.2, 0) is 6.54 Å². The molecule has 20 heavy (non-hydrogen) atoms. The average Bonchev–Trinajstić information content (AvgIpc) is 2.37. The summed E-state index contributed by atoms with van der Waals surface area (Å²) in [7, 11) is 2.19. The Morgan fingerprint density at radius 3 is 2.55 bits per heavy atom. The first-order valence-electron chi connectivity index (χ1n) is 7.64. The second-order valence-corrected chi connectivity index (χ2v) is 6.51. The third kappa shape index (κ3) is 2.76. The third-order valence-corrected chi connectivity index (χ3v) is 4.42. The Bertz CT molecular complexity index is 526. The molecule has 0 aliphatic carbocycles. The largest absolute Gasteiger partial charge is 0.365 e. The minimum atomic E-state index is 0.0888. The lowest BCUT2D eigenvalue weighted by molar-refractivity contribution is 0.597. The van der Waals surface area contributed by atoms with Crippen molar-refractivity contribution in [3.63, 3.8) is 0 Å². The van der Waals surface area contributed by atoms with E-state index in [4.69, 9.17) is 0 Å². The van der Waals surface area contributed by atoms with Gasteiger partial charge in [0.25, 0.3) is 0 Å². The Kier molecular flexibility index (Phi) is 4.24. The van der Waals surface area contributed by atoms with Gasteiger partial charge in [0, 0.05) is 24.8 Å². The van der Waals surface area contributed by atoms with Crippen LogP contribution >= 0.6 is 0 Å². The summed E-state index contributed by atoms with van der Waals surface area (Å²) < 4.78 is 0. The first kappa shape index (κ1) is 15.1. The normalized spacial score (nSPS) is 16.9. The summed E-state index contributed by atoms with van der Waals surface area (Å²) in [6.07, 6.45) is 3.55. The molecule has 1 aliphatic rings. The van der Waals surface area contributed by atoms with Crippen molar-refractivity contribution < 1.29 is 0 Å². The maximum Gasteiger partial charge on any atom is 0.0531 e. The van der Waals surface area contributed by atoms with Crippen LogP contribution in [0.15, 0.2) is 18.2 Å². The molecular formula is C18H28N2. The number of aryl methyl sites for hydroxylation is 1. The zero-order valence-corrected chi connectivity index (χ0v) is 13.8. The van der Waals surface area contributed by atoms with Crippen molar-refractivity contribution in [1.82, 2.24) is 5.32 Å². The van der Waals surface area contributed by atoms with E-state index in [0.29, 0.717) is 0 Å². The molecule has 1 N–H and O–H groups in total. The van der Waals surface area contributed by atoms with Gasteiger partial charge in [-0.3, -0.25) is 0 Å². The standard InChI is InChI=1S/C18H28N2/c1-7-8-19-12-15-10-16-14(3)11-18(4,5)20(6)17(16)9-13(15)2/h9-11,19H,7-8,12H2,1-6H3. The van der Waals surface area contributed by atoms with Crippen molar-refractivity contribution in [1.29, 1.82) is 0 Å². The van der Waals surface area contributed by atoms with E-state index < -0.39 is 0 Å². The lowest BCUT2D eigenvalue weighted by Gasteiger charge is -2.41. The zero-order chi connectivity index (χ0) is 14.9. The number of hydrogen-bond acceptors (Lipinski definition) is 2. The van der Waals surface area contributed by atoms with Crippen LogP contribution in [0.4, 0.5) is 5.69 Å². The molecule has 1 aliphatic heterocycles. The predicted octanol–water partition coefficient (Wildman–Crippen LogP) is 4.13. The average molecular weight is 272 g/mol. The molecule has 0 atom stereocenters. The van der Waals surface area contributed by atoms with Crippen LogP contribution in [0.3, 0.4) is 0 Å². The minimum absolute atomic E-state index is 0.0888. The molecule has 0 radical (unpaired) electrons. The van der Waals surface area contributed by atoms with Crippen LogP contribution in [0, 0.1) is 6.92 Å². The van der Waals surface area contributed by atoms with E-state index >= 15 is 0 Å². The summed E-state index contributed by atoms with van der Waals surface area (Å²) in [5, 5.41) is 3.51. The highest BCUT2D eigenvalue weighted by Crippen LogP contribution is 2.39. The molecule has 0 amide bonds. The van der Waals surface area contributed by atoms with Gasteiger partial charge in [-0.1, -0.05) is 13.0 Å². The second kappa shape index (κ2) is 5.61. The molecule has 1 aromatic carbocycles. The van der Waals surface area contributed by atoms with Gasteiger partial charge < -0.3 is 10.2 Å². The fourth-order valence-electron chi connectivity index (χ4n) is 2.94. The van der Waals surface area contributed by atoms with Gasteiger partial charge in [0.2, 0.25) is 0 Å². The Labute approximate surface area is 123 Å². The molecule has 2 rings (SSSR count). The Morgan fingerprint density at radius 1 is 1.20 bits per heavy atom. The lowest BCUT2D eigenvalue weighted by Crippen LogP contribution is -2.42. The summed E-state index contributed by atoms with van der Waals surface area (Å²) >= 11 is 0. The molecule has 0 saturated heterocycles. The van der Waals surface area contributed by atoms with Crippen LogP contribution in [0.1, 0.15) is 50.8 Å². The van der Waals surface area contributed by atoms with Gasteiger partial charge in [0.1, 0.15) is 0 Å². The van der Waals surface area contributed by atoms with Crippen molar-refractivity contribution in [2.75, 3.05) is 18.5 Å². The number of nitrogens with one attached hydrogen (secondary N) is 1. The second-order valence-electron chi connectivity index (χ2n) is 6.51. The van der Waals surface area contributed by atoms with Crippen LogP contribution in [0.25, 0.3) is 5.57 Å².